The van der Waals surface area contributed by atoms with Gasteiger partial charge in [-0.2, -0.15) is 0 Å². The average Bonchev–Trinajstić information content (AvgIpc) is 3.22. The van der Waals surface area contributed by atoms with Crippen molar-refractivity contribution in [1.29, 1.82) is 0 Å². The van der Waals surface area contributed by atoms with Crippen LogP contribution in [0.15, 0.2) is 18.2 Å². The number of hydrogen-bond acceptors (Lipinski definition) is 5. The summed E-state index contributed by atoms with van der Waals surface area (Å²) in [6.07, 6.45) is 1.44. The molecule has 122 valence electrons. The molecule has 0 aromatic heterocycles. The fourth-order valence-corrected chi connectivity index (χ4v) is 2.57. The lowest BCUT2D eigenvalue weighted by molar-refractivity contribution is -0.120. The van der Waals surface area contributed by atoms with Crippen molar-refractivity contribution in [2.24, 2.45) is 0 Å². The van der Waals surface area contributed by atoms with Gasteiger partial charge in [0.05, 0.1) is 18.8 Å². The molecule has 2 heterocycles. The van der Waals surface area contributed by atoms with Crippen LogP contribution in [0, 0.1) is 0 Å². The molecule has 5 nitrogen and oxygen atoms in total. The summed E-state index contributed by atoms with van der Waals surface area (Å²) in [5.41, 5.74) is 1.06. The second kappa shape index (κ2) is 8.15. The molecular formula is C17H25NO4. The molecule has 3 rings (SSSR count). The first-order chi connectivity index (χ1) is 10.8. The van der Waals surface area contributed by atoms with Gasteiger partial charge in [-0.15, -0.1) is 0 Å². The van der Waals surface area contributed by atoms with Crippen molar-refractivity contribution >= 4 is 5.78 Å². The summed E-state index contributed by atoms with van der Waals surface area (Å²) < 4.78 is 16.5. The summed E-state index contributed by atoms with van der Waals surface area (Å²) >= 11 is 0. The standard InChI is InChI=1S/C15H19NO4.C2H6/c1-2-13(17)12-6-11(7-16-12)18-8-10-3-4-14-15(5-10)20-9-19-14;1-2/h3-5,11-12,16H,2,6-9H2,1H3;1-2H3/t11-,12-;/m1./s1. The van der Waals surface area contributed by atoms with E-state index >= 15 is 0 Å². The minimum atomic E-state index is -0.0400. The highest BCUT2D eigenvalue weighted by Crippen LogP contribution is 2.32. The fraction of sp³-hybridized carbons (Fsp3) is 0.588. The molecule has 1 saturated heterocycles. The SMILES string of the molecule is CC.CCC(=O)[C@H]1C[C@@H](OCc2ccc3c(c2)OCO3)CN1. The molecule has 1 aromatic carbocycles. The Labute approximate surface area is 131 Å². The van der Waals surface area contributed by atoms with E-state index in [1.807, 2.05) is 39.0 Å². The third-order valence-electron chi connectivity index (χ3n) is 3.75. The number of ketones is 1. The first-order valence-electron chi connectivity index (χ1n) is 8.02. The predicted molar refractivity (Wildman–Crippen MR) is 84.2 cm³/mol. The van der Waals surface area contributed by atoms with Crippen LogP contribution >= 0.6 is 0 Å². The van der Waals surface area contributed by atoms with Crippen LogP contribution in [-0.2, 0) is 16.1 Å². The van der Waals surface area contributed by atoms with Crippen molar-refractivity contribution in [3.8, 4) is 11.5 Å². The van der Waals surface area contributed by atoms with Gasteiger partial charge in [0.15, 0.2) is 11.5 Å². The van der Waals surface area contributed by atoms with Crippen LogP contribution in [0.1, 0.15) is 39.2 Å². The number of benzene rings is 1. The van der Waals surface area contributed by atoms with Crippen molar-refractivity contribution in [1.82, 2.24) is 5.32 Å². The highest BCUT2D eigenvalue weighted by Gasteiger charge is 2.28. The van der Waals surface area contributed by atoms with Gasteiger partial charge in [-0.1, -0.05) is 26.8 Å². The fourth-order valence-electron chi connectivity index (χ4n) is 2.57. The lowest BCUT2D eigenvalue weighted by Gasteiger charge is -2.11. The number of rotatable bonds is 5. The van der Waals surface area contributed by atoms with Crippen molar-refractivity contribution in [2.45, 2.75) is 52.4 Å². The second-order valence-electron chi connectivity index (χ2n) is 5.14. The normalized spacial score (nSPS) is 22.1. The Balaban J connectivity index is 0.000000847. The average molecular weight is 307 g/mol. The van der Waals surface area contributed by atoms with Crippen molar-refractivity contribution in [3.63, 3.8) is 0 Å². The monoisotopic (exact) mass is 307 g/mol. The summed E-state index contributed by atoms with van der Waals surface area (Å²) in [4.78, 5) is 11.6. The summed E-state index contributed by atoms with van der Waals surface area (Å²) in [5.74, 6) is 1.82. The first-order valence-corrected chi connectivity index (χ1v) is 8.02. The topological polar surface area (TPSA) is 56.8 Å². The van der Waals surface area contributed by atoms with E-state index in [9.17, 15) is 4.79 Å². The molecule has 1 N–H and O–H groups in total. The van der Waals surface area contributed by atoms with E-state index in [-0.39, 0.29) is 24.7 Å². The van der Waals surface area contributed by atoms with Gasteiger partial charge in [0, 0.05) is 13.0 Å². The summed E-state index contributed by atoms with van der Waals surface area (Å²) in [6.45, 7) is 7.44. The van der Waals surface area contributed by atoms with Gasteiger partial charge in [0.1, 0.15) is 5.78 Å². The maximum Gasteiger partial charge on any atom is 0.231 e. The Bertz CT molecular complexity index is 503. The van der Waals surface area contributed by atoms with Crippen LogP contribution in [0.4, 0.5) is 0 Å². The van der Waals surface area contributed by atoms with Crippen LogP contribution in [-0.4, -0.2) is 31.3 Å². The van der Waals surface area contributed by atoms with E-state index in [0.29, 0.717) is 13.0 Å². The molecule has 0 saturated carbocycles. The van der Waals surface area contributed by atoms with E-state index in [0.717, 1.165) is 30.0 Å². The largest absolute Gasteiger partial charge is 0.454 e. The van der Waals surface area contributed by atoms with Gasteiger partial charge in [-0.3, -0.25) is 4.79 Å². The molecule has 0 bridgehead atoms. The van der Waals surface area contributed by atoms with Gasteiger partial charge >= 0.3 is 0 Å². The second-order valence-corrected chi connectivity index (χ2v) is 5.14. The van der Waals surface area contributed by atoms with E-state index in [1.54, 1.807) is 0 Å². The molecule has 2 atom stereocenters. The molecule has 2 aliphatic heterocycles. The van der Waals surface area contributed by atoms with Crippen LogP contribution in [0.3, 0.4) is 0 Å². The molecule has 0 amide bonds. The predicted octanol–water partition coefficient (Wildman–Crippen LogP) is 2.67. The Morgan fingerprint density at radius 2 is 2.09 bits per heavy atom. The number of fused-ring (bicyclic) bond motifs is 1. The van der Waals surface area contributed by atoms with Crippen LogP contribution in [0.5, 0.6) is 11.5 Å². The van der Waals surface area contributed by atoms with E-state index in [2.05, 4.69) is 5.32 Å². The summed E-state index contributed by atoms with van der Waals surface area (Å²) in [6, 6.07) is 5.78. The lowest BCUT2D eigenvalue weighted by Crippen LogP contribution is -2.29. The number of Topliss-reactive ketones (excluding diaryl/α,β-unsaturated/α-hetero) is 1. The first kappa shape index (κ1) is 16.8. The highest BCUT2D eigenvalue weighted by atomic mass is 16.7. The van der Waals surface area contributed by atoms with Crippen molar-refractivity contribution < 1.29 is 19.0 Å². The molecule has 0 radical (unpaired) electrons. The molecule has 5 heteroatoms. The quantitative estimate of drug-likeness (QED) is 0.906. The molecule has 22 heavy (non-hydrogen) atoms. The van der Waals surface area contributed by atoms with Crippen LogP contribution in [0.25, 0.3) is 0 Å². The van der Waals surface area contributed by atoms with E-state index in [4.69, 9.17) is 14.2 Å². The molecule has 0 spiro atoms. The lowest BCUT2D eigenvalue weighted by atomic mass is 10.1. The van der Waals surface area contributed by atoms with Crippen molar-refractivity contribution in [3.05, 3.63) is 23.8 Å². The van der Waals surface area contributed by atoms with Gasteiger partial charge in [0.2, 0.25) is 6.79 Å². The van der Waals surface area contributed by atoms with Crippen LogP contribution < -0.4 is 14.8 Å². The minimum absolute atomic E-state index is 0.0400. The maximum atomic E-state index is 11.6. The van der Waals surface area contributed by atoms with Crippen molar-refractivity contribution in [2.75, 3.05) is 13.3 Å². The number of ether oxygens (including phenoxy) is 3. The minimum Gasteiger partial charge on any atom is -0.454 e. The van der Waals surface area contributed by atoms with E-state index in [1.165, 1.54) is 0 Å². The smallest absolute Gasteiger partial charge is 0.231 e. The van der Waals surface area contributed by atoms with Gasteiger partial charge < -0.3 is 19.5 Å². The Morgan fingerprint density at radius 1 is 1.32 bits per heavy atom. The molecule has 0 unspecified atom stereocenters. The zero-order valence-corrected chi connectivity index (χ0v) is 13.6. The summed E-state index contributed by atoms with van der Waals surface area (Å²) in [7, 11) is 0. The van der Waals surface area contributed by atoms with Gasteiger partial charge in [-0.05, 0) is 24.1 Å². The number of hydrogen-bond donors (Lipinski definition) is 1. The Morgan fingerprint density at radius 3 is 2.86 bits per heavy atom. The zero-order valence-electron chi connectivity index (χ0n) is 13.6. The number of nitrogens with one attached hydrogen (secondary N) is 1. The van der Waals surface area contributed by atoms with Gasteiger partial charge in [0.25, 0.3) is 0 Å². The molecule has 2 aliphatic rings. The number of carbonyl (C=O) groups excluding carboxylic acids is 1. The molecular weight excluding hydrogens is 282 g/mol. The highest BCUT2D eigenvalue weighted by molar-refractivity contribution is 5.84. The Kier molecular flexibility index (Phi) is 6.21. The molecule has 1 fully saturated rings. The van der Waals surface area contributed by atoms with E-state index < -0.39 is 0 Å². The zero-order chi connectivity index (χ0) is 15.9. The number of carbonyl (C=O) groups is 1. The molecule has 0 aliphatic carbocycles. The maximum absolute atomic E-state index is 11.6. The Hall–Kier alpha value is -1.59. The molecule has 1 aromatic rings. The third kappa shape index (κ3) is 3.99. The third-order valence-corrected chi connectivity index (χ3v) is 3.75. The van der Waals surface area contributed by atoms with Crippen LogP contribution in [0.2, 0.25) is 0 Å². The summed E-state index contributed by atoms with van der Waals surface area (Å²) in [5, 5.41) is 3.22. The van der Waals surface area contributed by atoms with Gasteiger partial charge in [-0.25, -0.2) is 0 Å².